The summed E-state index contributed by atoms with van der Waals surface area (Å²) in [4.78, 5) is 0.274. The highest BCUT2D eigenvalue weighted by molar-refractivity contribution is 7.89. The third-order valence-electron chi connectivity index (χ3n) is 2.78. The standard InChI is InChI=1S/C14H18N2O3S/c1-2-16-20(17,18)14-7-5-12(6-8-14)15-10-9-13-4-3-11-19-13/h3-8,11,15-16H,2,9-10H2,1H3. The van der Waals surface area contributed by atoms with E-state index in [1.54, 1.807) is 37.5 Å². The van der Waals surface area contributed by atoms with E-state index in [9.17, 15) is 8.42 Å². The zero-order valence-electron chi connectivity index (χ0n) is 11.3. The molecule has 0 amide bonds. The van der Waals surface area contributed by atoms with Gasteiger partial charge in [0.2, 0.25) is 10.0 Å². The number of sulfonamides is 1. The van der Waals surface area contributed by atoms with E-state index in [1.165, 1.54) is 0 Å². The molecule has 0 bridgehead atoms. The molecule has 0 fully saturated rings. The molecule has 0 aliphatic carbocycles. The molecular formula is C14H18N2O3S. The average molecular weight is 294 g/mol. The van der Waals surface area contributed by atoms with Crippen molar-refractivity contribution in [3.63, 3.8) is 0 Å². The highest BCUT2D eigenvalue weighted by Gasteiger charge is 2.11. The van der Waals surface area contributed by atoms with Crippen LogP contribution in [-0.2, 0) is 16.4 Å². The van der Waals surface area contributed by atoms with Crippen molar-refractivity contribution in [2.24, 2.45) is 0 Å². The Labute approximate surface area is 119 Å². The molecule has 5 nitrogen and oxygen atoms in total. The molecule has 0 saturated carbocycles. The molecule has 2 aromatic rings. The van der Waals surface area contributed by atoms with Crippen molar-refractivity contribution in [2.45, 2.75) is 18.2 Å². The van der Waals surface area contributed by atoms with Crippen LogP contribution < -0.4 is 10.0 Å². The largest absolute Gasteiger partial charge is 0.469 e. The van der Waals surface area contributed by atoms with Gasteiger partial charge >= 0.3 is 0 Å². The normalized spacial score (nSPS) is 11.4. The Balaban J connectivity index is 1.91. The number of anilines is 1. The van der Waals surface area contributed by atoms with E-state index in [4.69, 9.17) is 4.42 Å². The first kappa shape index (κ1) is 14.6. The third-order valence-corrected chi connectivity index (χ3v) is 4.34. The first-order valence-corrected chi connectivity index (χ1v) is 7.96. The molecule has 0 radical (unpaired) electrons. The van der Waals surface area contributed by atoms with Gasteiger partial charge in [0.15, 0.2) is 0 Å². The van der Waals surface area contributed by atoms with Crippen LogP contribution in [0.5, 0.6) is 0 Å². The van der Waals surface area contributed by atoms with Gasteiger partial charge in [-0.2, -0.15) is 0 Å². The summed E-state index contributed by atoms with van der Waals surface area (Å²) < 4.78 is 31.2. The van der Waals surface area contributed by atoms with Crippen molar-refractivity contribution in [1.29, 1.82) is 0 Å². The lowest BCUT2D eigenvalue weighted by Crippen LogP contribution is -2.23. The minimum atomic E-state index is -3.38. The Kier molecular flexibility index (Phi) is 4.81. The molecule has 2 rings (SSSR count). The molecule has 0 spiro atoms. The fraction of sp³-hybridized carbons (Fsp3) is 0.286. The van der Waals surface area contributed by atoms with Gasteiger partial charge in [-0.05, 0) is 36.4 Å². The summed E-state index contributed by atoms with van der Waals surface area (Å²) in [5.74, 6) is 0.920. The summed E-state index contributed by atoms with van der Waals surface area (Å²) in [7, 11) is -3.38. The van der Waals surface area contributed by atoms with Crippen molar-refractivity contribution in [1.82, 2.24) is 4.72 Å². The van der Waals surface area contributed by atoms with E-state index in [0.29, 0.717) is 6.54 Å². The van der Waals surface area contributed by atoms with E-state index in [1.807, 2.05) is 12.1 Å². The maximum Gasteiger partial charge on any atom is 0.240 e. The lowest BCUT2D eigenvalue weighted by molar-refractivity contribution is 0.513. The van der Waals surface area contributed by atoms with Gasteiger partial charge in [-0.1, -0.05) is 6.92 Å². The molecule has 0 atom stereocenters. The summed E-state index contributed by atoms with van der Waals surface area (Å²) in [6.45, 7) is 2.86. The molecule has 0 aliphatic heterocycles. The Hall–Kier alpha value is -1.79. The van der Waals surface area contributed by atoms with E-state index in [2.05, 4.69) is 10.0 Å². The van der Waals surface area contributed by atoms with Crippen LogP contribution in [0.3, 0.4) is 0 Å². The van der Waals surface area contributed by atoms with Crippen LogP contribution in [0.2, 0.25) is 0 Å². The zero-order valence-corrected chi connectivity index (χ0v) is 12.1. The Morgan fingerprint density at radius 2 is 1.90 bits per heavy atom. The quantitative estimate of drug-likeness (QED) is 0.821. The minimum Gasteiger partial charge on any atom is -0.469 e. The van der Waals surface area contributed by atoms with Crippen molar-refractivity contribution >= 4 is 15.7 Å². The smallest absolute Gasteiger partial charge is 0.240 e. The predicted molar refractivity (Wildman–Crippen MR) is 78.2 cm³/mol. The zero-order chi connectivity index (χ0) is 14.4. The Morgan fingerprint density at radius 3 is 2.50 bits per heavy atom. The maximum absolute atomic E-state index is 11.8. The van der Waals surface area contributed by atoms with Gasteiger partial charge in [0.25, 0.3) is 0 Å². The van der Waals surface area contributed by atoms with Crippen LogP contribution in [0, 0.1) is 0 Å². The van der Waals surface area contributed by atoms with Crippen LogP contribution in [0.1, 0.15) is 12.7 Å². The highest BCUT2D eigenvalue weighted by atomic mass is 32.2. The molecule has 0 saturated heterocycles. The van der Waals surface area contributed by atoms with Crippen LogP contribution >= 0.6 is 0 Å². The van der Waals surface area contributed by atoms with Gasteiger partial charge in [-0.15, -0.1) is 0 Å². The van der Waals surface area contributed by atoms with Gasteiger partial charge in [0.05, 0.1) is 11.2 Å². The van der Waals surface area contributed by atoms with Crippen molar-refractivity contribution in [2.75, 3.05) is 18.4 Å². The van der Waals surface area contributed by atoms with Crippen LogP contribution in [-0.4, -0.2) is 21.5 Å². The van der Waals surface area contributed by atoms with Gasteiger partial charge in [0, 0.05) is 25.2 Å². The molecule has 0 unspecified atom stereocenters. The topological polar surface area (TPSA) is 71.3 Å². The van der Waals surface area contributed by atoms with Gasteiger partial charge in [-0.25, -0.2) is 13.1 Å². The van der Waals surface area contributed by atoms with E-state index >= 15 is 0 Å². The van der Waals surface area contributed by atoms with Crippen LogP contribution in [0.25, 0.3) is 0 Å². The number of rotatable bonds is 7. The number of benzene rings is 1. The summed E-state index contributed by atoms with van der Waals surface area (Å²) in [6.07, 6.45) is 2.43. The fourth-order valence-corrected chi connectivity index (χ4v) is 2.85. The molecule has 1 aromatic heterocycles. The first-order valence-electron chi connectivity index (χ1n) is 6.48. The second-order valence-corrected chi connectivity index (χ2v) is 6.05. The van der Waals surface area contributed by atoms with E-state index in [-0.39, 0.29) is 4.90 Å². The van der Waals surface area contributed by atoms with Gasteiger partial charge in [-0.3, -0.25) is 0 Å². The average Bonchev–Trinajstić information content (AvgIpc) is 2.92. The highest BCUT2D eigenvalue weighted by Crippen LogP contribution is 2.14. The predicted octanol–water partition coefficient (Wildman–Crippen LogP) is 2.23. The van der Waals surface area contributed by atoms with Crippen molar-refractivity contribution in [3.8, 4) is 0 Å². The lowest BCUT2D eigenvalue weighted by atomic mass is 10.3. The van der Waals surface area contributed by atoms with Crippen LogP contribution in [0.4, 0.5) is 5.69 Å². The second kappa shape index (κ2) is 6.58. The Morgan fingerprint density at radius 1 is 1.15 bits per heavy atom. The van der Waals surface area contributed by atoms with Crippen molar-refractivity contribution < 1.29 is 12.8 Å². The Bertz CT molecular complexity index is 619. The first-order chi connectivity index (χ1) is 9.62. The van der Waals surface area contributed by atoms with E-state index in [0.717, 1.165) is 24.4 Å². The number of hydrogen-bond acceptors (Lipinski definition) is 4. The molecule has 1 heterocycles. The number of hydrogen-bond donors (Lipinski definition) is 2. The minimum absolute atomic E-state index is 0.274. The third kappa shape index (κ3) is 3.85. The number of furan rings is 1. The van der Waals surface area contributed by atoms with Gasteiger partial charge in [0.1, 0.15) is 5.76 Å². The van der Waals surface area contributed by atoms with Crippen molar-refractivity contribution in [3.05, 3.63) is 48.4 Å². The molecule has 0 aliphatic rings. The fourth-order valence-electron chi connectivity index (χ4n) is 1.81. The maximum atomic E-state index is 11.8. The molecule has 6 heteroatoms. The molecule has 2 N–H and O–H groups in total. The summed E-state index contributed by atoms with van der Waals surface area (Å²) in [6, 6.07) is 10.5. The summed E-state index contributed by atoms with van der Waals surface area (Å²) in [5, 5.41) is 3.22. The second-order valence-electron chi connectivity index (χ2n) is 4.28. The monoisotopic (exact) mass is 294 g/mol. The molecular weight excluding hydrogens is 276 g/mol. The van der Waals surface area contributed by atoms with Crippen LogP contribution in [0.15, 0.2) is 52.0 Å². The van der Waals surface area contributed by atoms with E-state index < -0.39 is 10.0 Å². The summed E-state index contributed by atoms with van der Waals surface area (Å²) >= 11 is 0. The molecule has 1 aromatic carbocycles. The number of nitrogens with one attached hydrogen (secondary N) is 2. The SMILES string of the molecule is CCNS(=O)(=O)c1ccc(NCCc2ccco2)cc1. The van der Waals surface area contributed by atoms with Gasteiger partial charge < -0.3 is 9.73 Å². The lowest BCUT2D eigenvalue weighted by Gasteiger charge is -2.07. The molecule has 108 valence electrons. The summed E-state index contributed by atoms with van der Waals surface area (Å²) in [5.41, 5.74) is 0.881. The molecule has 20 heavy (non-hydrogen) atoms.